The van der Waals surface area contributed by atoms with Crippen LogP contribution in [0.3, 0.4) is 0 Å². The summed E-state index contributed by atoms with van der Waals surface area (Å²) < 4.78 is 0. The van der Waals surface area contributed by atoms with Crippen molar-refractivity contribution in [1.29, 1.82) is 0 Å². The maximum Gasteiger partial charge on any atom is 0.236 e. The van der Waals surface area contributed by atoms with Gasteiger partial charge in [0.2, 0.25) is 5.91 Å². The molecule has 1 N–H and O–H groups in total. The number of hydrogen-bond donors (Lipinski definition) is 1. The first kappa shape index (κ1) is 14.9. The Hall–Kier alpha value is -1.53. The zero-order chi connectivity index (χ0) is 14.4. The zero-order valence-corrected chi connectivity index (χ0v) is 12.2. The van der Waals surface area contributed by atoms with Gasteiger partial charge in [-0.2, -0.15) is 10.2 Å². The van der Waals surface area contributed by atoms with Crippen LogP contribution in [-0.4, -0.2) is 65.7 Å². The van der Waals surface area contributed by atoms with Crippen molar-refractivity contribution in [1.82, 2.24) is 25.3 Å². The number of hydrogen-bond acceptors (Lipinski definition) is 5. The van der Waals surface area contributed by atoms with Crippen molar-refractivity contribution in [2.75, 3.05) is 33.7 Å². The first-order valence-corrected chi connectivity index (χ1v) is 7.07. The third-order valence-corrected chi connectivity index (χ3v) is 3.64. The summed E-state index contributed by atoms with van der Waals surface area (Å²) in [6.07, 6.45) is 3.83. The van der Waals surface area contributed by atoms with Crippen molar-refractivity contribution in [2.24, 2.45) is 0 Å². The molecule has 0 radical (unpaired) electrons. The first-order valence-electron chi connectivity index (χ1n) is 7.07. The monoisotopic (exact) mass is 277 g/mol. The predicted molar refractivity (Wildman–Crippen MR) is 77.0 cm³/mol. The highest BCUT2D eigenvalue weighted by atomic mass is 16.2. The Balaban J connectivity index is 1.68. The van der Waals surface area contributed by atoms with Crippen LogP contribution >= 0.6 is 0 Å². The van der Waals surface area contributed by atoms with Crippen LogP contribution in [0.1, 0.15) is 18.5 Å². The Kier molecular flexibility index (Phi) is 5.43. The van der Waals surface area contributed by atoms with E-state index in [1.807, 2.05) is 12.1 Å². The van der Waals surface area contributed by atoms with Crippen LogP contribution in [0, 0.1) is 0 Å². The number of amides is 1. The van der Waals surface area contributed by atoms with E-state index in [0.29, 0.717) is 12.6 Å². The normalized spacial score (nSPS) is 17.1. The lowest BCUT2D eigenvalue weighted by atomic mass is 10.0. The fourth-order valence-electron chi connectivity index (χ4n) is 2.30. The molecular weight excluding hydrogens is 254 g/mol. The molecule has 6 nitrogen and oxygen atoms in total. The summed E-state index contributed by atoms with van der Waals surface area (Å²) in [5.74, 6) is 0.177. The maximum atomic E-state index is 11.7. The molecule has 0 aliphatic carbocycles. The number of piperidine rings is 1. The molecule has 1 aliphatic heterocycles. The van der Waals surface area contributed by atoms with E-state index in [-0.39, 0.29) is 5.91 Å². The minimum Gasteiger partial charge on any atom is -0.348 e. The molecule has 20 heavy (non-hydrogen) atoms. The molecule has 6 heteroatoms. The Morgan fingerprint density at radius 1 is 1.45 bits per heavy atom. The van der Waals surface area contributed by atoms with Gasteiger partial charge in [0.25, 0.3) is 0 Å². The van der Waals surface area contributed by atoms with Gasteiger partial charge in [-0.15, -0.1) is 0 Å². The minimum atomic E-state index is 0.177. The SMILES string of the molecule is CN(C)C(=O)CN1CCC(NCc2cccnn2)CC1. The molecule has 1 saturated heterocycles. The summed E-state index contributed by atoms with van der Waals surface area (Å²) in [7, 11) is 3.61. The Bertz CT molecular complexity index is 415. The second-order valence-electron chi connectivity index (χ2n) is 5.43. The van der Waals surface area contributed by atoms with Crippen LogP contribution in [0.2, 0.25) is 0 Å². The van der Waals surface area contributed by atoms with Crippen LogP contribution in [0.4, 0.5) is 0 Å². The van der Waals surface area contributed by atoms with Gasteiger partial charge in [0.15, 0.2) is 0 Å². The molecule has 2 rings (SSSR count). The second kappa shape index (κ2) is 7.31. The summed E-state index contributed by atoms with van der Waals surface area (Å²) in [6, 6.07) is 4.38. The van der Waals surface area contributed by atoms with E-state index in [4.69, 9.17) is 0 Å². The molecule has 1 aromatic heterocycles. The number of nitrogens with zero attached hydrogens (tertiary/aromatic N) is 4. The van der Waals surface area contributed by atoms with Gasteiger partial charge in [-0.1, -0.05) is 0 Å². The summed E-state index contributed by atoms with van der Waals surface area (Å²) in [6.45, 7) is 3.23. The summed E-state index contributed by atoms with van der Waals surface area (Å²) in [5, 5.41) is 11.4. The molecule has 1 fully saturated rings. The number of likely N-dealkylation sites (tertiary alicyclic amines) is 1. The van der Waals surface area contributed by atoms with E-state index in [2.05, 4.69) is 20.4 Å². The van der Waals surface area contributed by atoms with E-state index >= 15 is 0 Å². The minimum absolute atomic E-state index is 0.177. The Morgan fingerprint density at radius 2 is 2.20 bits per heavy atom. The molecular formula is C14H23N5O. The molecule has 0 saturated carbocycles. The van der Waals surface area contributed by atoms with Crippen molar-refractivity contribution in [3.8, 4) is 0 Å². The maximum absolute atomic E-state index is 11.7. The lowest BCUT2D eigenvalue weighted by Gasteiger charge is -2.32. The van der Waals surface area contributed by atoms with Gasteiger partial charge in [0.1, 0.15) is 0 Å². The molecule has 2 heterocycles. The van der Waals surface area contributed by atoms with E-state index in [1.54, 1.807) is 25.2 Å². The van der Waals surface area contributed by atoms with Crippen LogP contribution in [0.25, 0.3) is 0 Å². The molecule has 1 aromatic rings. The average Bonchev–Trinajstić information content (AvgIpc) is 2.47. The first-order chi connectivity index (χ1) is 9.65. The van der Waals surface area contributed by atoms with E-state index in [1.165, 1.54) is 0 Å². The van der Waals surface area contributed by atoms with Crippen molar-refractivity contribution in [2.45, 2.75) is 25.4 Å². The van der Waals surface area contributed by atoms with Gasteiger partial charge in [-0.25, -0.2) is 0 Å². The van der Waals surface area contributed by atoms with Crippen molar-refractivity contribution in [3.63, 3.8) is 0 Å². The summed E-state index contributed by atoms with van der Waals surface area (Å²) in [5.41, 5.74) is 0.970. The number of rotatable bonds is 5. The quantitative estimate of drug-likeness (QED) is 0.828. The lowest BCUT2D eigenvalue weighted by molar-refractivity contribution is -0.130. The molecule has 0 unspecified atom stereocenters. The van der Waals surface area contributed by atoms with Crippen molar-refractivity contribution >= 4 is 5.91 Å². The smallest absolute Gasteiger partial charge is 0.236 e. The molecule has 1 amide bonds. The molecule has 1 aliphatic rings. The van der Waals surface area contributed by atoms with Crippen molar-refractivity contribution in [3.05, 3.63) is 24.0 Å². The highest BCUT2D eigenvalue weighted by Crippen LogP contribution is 2.10. The van der Waals surface area contributed by atoms with Crippen molar-refractivity contribution < 1.29 is 4.79 Å². The van der Waals surface area contributed by atoms with Gasteiger partial charge >= 0.3 is 0 Å². The highest BCUT2D eigenvalue weighted by molar-refractivity contribution is 5.77. The topological polar surface area (TPSA) is 61.4 Å². The standard InChI is InChI=1S/C14H23N5O/c1-18(2)14(20)11-19-8-5-12(6-9-19)15-10-13-4-3-7-16-17-13/h3-4,7,12,15H,5-6,8-11H2,1-2H3. The summed E-state index contributed by atoms with van der Waals surface area (Å²) >= 11 is 0. The van der Waals surface area contributed by atoms with Gasteiger partial charge < -0.3 is 10.2 Å². The van der Waals surface area contributed by atoms with E-state index in [9.17, 15) is 4.79 Å². The summed E-state index contributed by atoms with van der Waals surface area (Å²) in [4.78, 5) is 15.5. The van der Waals surface area contributed by atoms with Crippen LogP contribution in [-0.2, 0) is 11.3 Å². The third-order valence-electron chi connectivity index (χ3n) is 3.64. The van der Waals surface area contributed by atoms with E-state index < -0.39 is 0 Å². The third kappa shape index (κ3) is 4.54. The highest BCUT2D eigenvalue weighted by Gasteiger charge is 2.20. The zero-order valence-electron chi connectivity index (χ0n) is 12.2. The number of carbonyl (C=O) groups is 1. The van der Waals surface area contributed by atoms with Gasteiger partial charge in [0, 0.05) is 46.0 Å². The fraction of sp³-hybridized carbons (Fsp3) is 0.643. The second-order valence-corrected chi connectivity index (χ2v) is 5.43. The number of carbonyl (C=O) groups excluding carboxylic acids is 1. The van der Waals surface area contributed by atoms with Crippen LogP contribution in [0.15, 0.2) is 18.3 Å². The number of aromatic nitrogens is 2. The molecule has 0 spiro atoms. The molecule has 0 atom stereocenters. The molecule has 110 valence electrons. The number of likely N-dealkylation sites (N-methyl/N-ethyl adjacent to an activating group) is 1. The fourth-order valence-corrected chi connectivity index (χ4v) is 2.30. The molecule has 0 aromatic carbocycles. The lowest BCUT2D eigenvalue weighted by Crippen LogP contribution is -2.45. The van der Waals surface area contributed by atoms with Crippen LogP contribution in [0.5, 0.6) is 0 Å². The van der Waals surface area contributed by atoms with Gasteiger partial charge in [-0.05, 0) is 25.0 Å². The Labute approximate surface area is 120 Å². The Morgan fingerprint density at radius 3 is 2.80 bits per heavy atom. The van der Waals surface area contributed by atoms with Gasteiger partial charge in [-0.3, -0.25) is 9.69 Å². The predicted octanol–water partition coefficient (Wildman–Crippen LogP) is 0.119. The molecule has 0 bridgehead atoms. The largest absolute Gasteiger partial charge is 0.348 e. The number of nitrogens with one attached hydrogen (secondary N) is 1. The van der Waals surface area contributed by atoms with Crippen LogP contribution < -0.4 is 5.32 Å². The van der Waals surface area contributed by atoms with E-state index in [0.717, 1.165) is 38.2 Å². The average molecular weight is 277 g/mol. The van der Waals surface area contributed by atoms with Gasteiger partial charge in [0.05, 0.1) is 12.2 Å².